The average Bonchev–Trinajstić information content (AvgIpc) is 3.23. The molecular weight excluding hydrogens is 308 g/mol. The van der Waals surface area contributed by atoms with E-state index >= 15 is 0 Å². The number of fused-ring (bicyclic) bond motifs is 2. The molecule has 2 atom stereocenters. The number of hydrogen-bond donors (Lipinski definition) is 1. The zero-order chi connectivity index (χ0) is 16.7. The zero-order valence-electron chi connectivity index (χ0n) is 13.8. The van der Waals surface area contributed by atoms with Crippen LogP contribution in [0, 0.1) is 5.41 Å². The number of hydrogen-bond acceptors (Lipinski definition) is 4. The van der Waals surface area contributed by atoms with E-state index < -0.39 is 0 Å². The molecule has 128 valence electrons. The number of nitrogens with zero attached hydrogens (tertiary/aromatic N) is 1. The van der Waals surface area contributed by atoms with Crippen LogP contribution in [0.5, 0.6) is 11.5 Å². The van der Waals surface area contributed by atoms with Crippen LogP contribution in [0.3, 0.4) is 0 Å². The highest BCUT2D eigenvalue weighted by molar-refractivity contribution is 5.95. The fraction of sp³-hybridized carbons (Fsp3) is 0.556. The van der Waals surface area contributed by atoms with Crippen LogP contribution in [0.25, 0.3) is 0 Å². The molecule has 4 rings (SSSR count). The maximum atomic E-state index is 12.5. The molecule has 1 aromatic carbocycles. The van der Waals surface area contributed by atoms with Gasteiger partial charge in [0.2, 0.25) is 12.7 Å². The molecule has 1 N–H and O–H groups in total. The molecule has 6 nitrogen and oxygen atoms in total. The van der Waals surface area contributed by atoms with Crippen molar-refractivity contribution in [1.29, 1.82) is 0 Å². The summed E-state index contributed by atoms with van der Waals surface area (Å²) in [5, 5.41) is 3.08. The fourth-order valence-corrected chi connectivity index (χ4v) is 4.41. The van der Waals surface area contributed by atoms with Crippen LogP contribution in [-0.4, -0.2) is 43.1 Å². The van der Waals surface area contributed by atoms with Gasteiger partial charge < -0.3 is 19.7 Å². The normalized spacial score (nSPS) is 28.0. The van der Waals surface area contributed by atoms with E-state index in [0.717, 1.165) is 25.7 Å². The monoisotopic (exact) mass is 330 g/mol. The number of carbonyl (C=O) groups is 2. The van der Waals surface area contributed by atoms with Gasteiger partial charge in [0.25, 0.3) is 5.91 Å². The van der Waals surface area contributed by atoms with Crippen molar-refractivity contribution >= 4 is 11.8 Å². The molecule has 2 aliphatic heterocycles. The molecule has 1 saturated heterocycles. The lowest BCUT2D eigenvalue weighted by atomic mass is 9.74. The molecule has 1 saturated carbocycles. The van der Waals surface area contributed by atoms with Gasteiger partial charge in [-0.3, -0.25) is 9.59 Å². The molecule has 0 radical (unpaired) electrons. The van der Waals surface area contributed by atoms with Gasteiger partial charge >= 0.3 is 0 Å². The first kappa shape index (κ1) is 15.3. The summed E-state index contributed by atoms with van der Waals surface area (Å²) < 4.78 is 10.6. The molecule has 2 heterocycles. The Morgan fingerprint density at radius 3 is 3.04 bits per heavy atom. The van der Waals surface area contributed by atoms with Gasteiger partial charge in [-0.1, -0.05) is 6.42 Å². The van der Waals surface area contributed by atoms with Crippen LogP contribution < -0.4 is 14.8 Å². The number of rotatable bonds is 3. The van der Waals surface area contributed by atoms with Gasteiger partial charge in [0.05, 0.1) is 0 Å². The summed E-state index contributed by atoms with van der Waals surface area (Å²) in [6.07, 6.45) is 4.65. The van der Waals surface area contributed by atoms with E-state index in [-0.39, 0.29) is 30.1 Å². The minimum atomic E-state index is -0.104. The standard InChI is InChI=1S/C18H22N2O4/c1-20-15-3-2-7-18(15,8-6-16(20)21)10-19-17(22)12-4-5-13-14(9-12)24-11-23-13/h4-5,9,15H,2-3,6-8,10-11H2,1H3,(H,19,22)/t15-,18+/m1/s1. The zero-order valence-corrected chi connectivity index (χ0v) is 13.8. The molecule has 1 aromatic rings. The van der Waals surface area contributed by atoms with Crippen LogP contribution in [0.2, 0.25) is 0 Å². The van der Waals surface area contributed by atoms with Crippen molar-refractivity contribution in [2.24, 2.45) is 5.41 Å². The quantitative estimate of drug-likeness (QED) is 0.920. The van der Waals surface area contributed by atoms with E-state index in [1.807, 2.05) is 11.9 Å². The highest BCUT2D eigenvalue weighted by Crippen LogP contribution is 2.47. The third-order valence-corrected chi connectivity index (χ3v) is 5.79. The molecule has 6 heteroatoms. The largest absolute Gasteiger partial charge is 0.454 e. The average molecular weight is 330 g/mol. The topological polar surface area (TPSA) is 67.9 Å². The van der Waals surface area contributed by atoms with Gasteiger partial charge in [0, 0.05) is 37.0 Å². The van der Waals surface area contributed by atoms with E-state index in [1.54, 1.807) is 18.2 Å². The number of ether oxygens (including phenoxy) is 2. The maximum Gasteiger partial charge on any atom is 0.251 e. The number of likely N-dealkylation sites (tertiary alicyclic amines) is 1. The molecular formula is C18H22N2O4. The van der Waals surface area contributed by atoms with Crippen molar-refractivity contribution in [2.75, 3.05) is 20.4 Å². The van der Waals surface area contributed by atoms with Crippen molar-refractivity contribution < 1.29 is 19.1 Å². The molecule has 0 spiro atoms. The molecule has 0 aromatic heterocycles. The van der Waals surface area contributed by atoms with Crippen LogP contribution in [0.1, 0.15) is 42.5 Å². The maximum absolute atomic E-state index is 12.5. The number of nitrogens with one attached hydrogen (secondary N) is 1. The van der Waals surface area contributed by atoms with E-state index in [0.29, 0.717) is 30.0 Å². The molecule has 2 amide bonds. The van der Waals surface area contributed by atoms with Gasteiger partial charge in [-0.2, -0.15) is 0 Å². The van der Waals surface area contributed by atoms with Crippen LogP contribution in [0.4, 0.5) is 0 Å². The van der Waals surface area contributed by atoms with Crippen LogP contribution in [0.15, 0.2) is 18.2 Å². The Morgan fingerprint density at radius 2 is 2.17 bits per heavy atom. The van der Waals surface area contributed by atoms with E-state index in [1.165, 1.54) is 0 Å². The lowest BCUT2D eigenvalue weighted by Gasteiger charge is -2.44. The third-order valence-electron chi connectivity index (χ3n) is 5.79. The second kappa shape index (κ2) is 5.69. The lowest BCUT2D eigenvalue weighted by molar-refractivity contribution is -0.139. The molecule has 24 heavy (non-hydrogen) atoms. The van der Waals surface area contributed by atoms with Crippen molar-refractivity contribution in [2.45, 2.75) is 38.1 Å². The van der Waals surface area contributed by atoms with E-state index in [4.69, 9.17) is 9.47 Å². The summed E-state index contributed by atoms with van der Waals surface area (Å²) in [7, 11) is 1.89. The van der Waals surface area contributed by atoms with Crippen LogP contribution >= 0.6 is 0 Å². The van der Waals surface area contributed by atoms with Crippen LogP contribution in [-0.2, 0) is 4.79 Å². The Morgan fingerprint density at radius 1 is 1.33 bits per heavy atom. The van der Waals surface area contributed by atoms with Gasteiger partial charge in [-0.15, -0.1) is 0 Å². The van der Waals surface area contributed by atoms with Gasteiger partial charge in [-0.05, 0) is 37.5 Å². The van der Waals surface area contributed by atoms with Crippen molar-refractivity contribution in [3.8, 4) is 11.5 Å². The van der Waals surface area contributed by atoms with Gasteiger partial charge in [0.15, 0.2) is 11.5 Å². The van der Waals surface area contributed by atoms with E-state index in [9.17, 15) is 9.59 Å². The Hall–Kier alpha value is -2.24. The van der Waals surface area contributed by atoms with E-state index in [2.05, 4.69) is 5.32 Å². The minimum Gasteiger partial charge on any atom is -0.454 e. The Balaban J connectivity index is 1.46. The predicted molar refractivity (Wildman–Crippen MR) is 87.0 cm³/mol. The summed E-state index contributed by atoms with van der Waals surface area (Å²) in [5.41, 5.74) is 0.597. The first-order valence-electron chi connectivity index (χ1n) is 8.53. The Kier molecular flexibility index (Phi) is 3.62. The SMILES string of the molecule is CN1C(=O)CC[C@]2(CNC(=O)c3ccc4c(c3)OCO4)CCC[C@@H]12. The smallest absolute Gasteiger partial charge is 0.251 e. The van der Waals surface area contributed by atoms with Gasteiger partial charge in [0.1, 0.15) is 0 Å². The summed E-state index contributed by atoms with van der Waals surface area (Å²) in [6, 6.07) is 5.48. The van der Waals surface area contributed by atoms with Gasteiger partial charge in [-0.25, -0.2) is 0 Å². The minimum absolute atomic E-state index is 0.0225. The van der Waals surface area contributed by atoms with Crippen molar-refractivity contribution in [3.05, 3.63) is 23.8 Å². The first-order valence-corrected chi connectivity index (χ1v) is 8.53. The van der Waals surface area contributed by atoms with Crippen molar-refractivity contribution in [3.63, 3.8) is 0 Å². The summed E-state index contributed by atoms with van der Waals surface area (Å²) in [4.78, 5) is 26.4. The number of amides is 2. The second-order valence-electron chi connectivity index (χ2n) is 7.03. The van der Waals surface area contributed by atoms with Crippen molar-refractivity contribution in [1.82, 2.24) is 10.2 Å². The Labute approximate surface area is 141 Å². The number of piperidine rings is 1. The summed E-state index contributed by atoms with van der Waals surface area (Å²) >= 11 is 0. The molecule has 0 bridgehead atoms. The summed E-state index contributed by atoms with van der Waals surface area (Å²) in [6.45, 7) is 0.814. The second-order valence-corrected chi connectivity index (χ2v) is 7.03. The highest BCUT2D eigenvalue weighted by Gasteiger charge is 2.49. The first-order chi connectivity index (χ1) is 11.6. The molecule has 3 aliphatic rings. The predicted octanol–water partition coefficient (Wildman–Crippen LogP) is 1.94. The summed E-state index contributed by atoms with van der Waals surface area (Å²) in [5.74, 6) is 1.41. The molecule has 2 fully saturated rings. The Bertz CT molecular complexity index is 690. The number of carbonyl (C=O) groups excluding carboxylic acids is 2. The fourth-order valence-electron chi connectivity index (χ4n) is 4.41. The molecule has 0 unspecified atom stereocenters. The molecule has 1 aliphatic carbocycles. The lowest BCUT2D eigenvalue weighted by Crippen LogP contribution is -2.54. The highest BCUT2D eigenvalue weighted by atomic mass is 16.7. The third kappa shape index (κ3) is 2.41. The number of benzene rings is 1.